The molecule has 2 aromatic heterocycles. The van der Waals surface area contributed by atoms with E-state index in [9.17, 15) is 4.39 Å². The second-order valence-electron chi connectivity index (χ2n) is 3.79. The highest BCUT2D eigenvalue weighted by atomic mass is 35.5. The van der Waals surface area contributed by atoms with Gasteiger partial charge >= 0.3 is 0 Å². The largest absolute Gasteiger partial charge is 0.252 e. The first kappa shape index (κ1) is 11.5. The van der Waals surface area contributed by atoms with Crippen molar-refractivity contribution < 1.29 is 4.39 Å². The van der Waals surface area contributed by atoms with E-state index >= 15 is 0 Å². The molecule has 18 heavy (non-hydrogen) atoms. The first-order valence-electron chi connectivity index (χ1n) is 5.18. The molecule has 0 spiro atoms. The summed E-state index contributed by atoms with van der Waals surface area (Å²) in [5, 5.41) is 0.824. The normalized spacial score (nSPS) is 11.1. The third-order valence-corrected chi connectivity index (χ3v) is 3.66. The fraction of sp³-hybridized carbons (Fsp3) is 0.0833. The van der Waals surface area contributed by atoms with Crippen LogP contribution in [-0.2, 0) is 0 Å². The highest BCUT2D eigenvalue weighted by molar-refractivity contribution is 7.13. The fourth-order valence-corrected chi connectivity index (χ4v) is 2.62. The summed E-state index contributed by atoms with van der Waals surface area (Å²) >= 11 is 7.51. The Kier molecular flexibility index (Phi) is 2.72. The zero-order chi connectivity index (χ0) is 12.7. The molecule has 6 heteroatoms. The molecule has 0 fully saturated rings. The number of nitrogens with zero attached hydrogens (tertiary/aromatic N) is 3. The number of halogens is 2. The molecule has 0 aliphatic heterocycles. The van der Waals surface area contributed by atoms with Crippen LogP contribution in [0.15, 0.2) is 23.8 Å². The molecule has 0 aliphatic carbocycles. The zero-order valence-electron chi connectivity index (χ0n) is 9.32. The van der Waals surface area contributed by atoms with Crippen molar-refractivity contribution in [3.8, 4) is 10.7 Å². The van der Waals surface area contributed by atoms with Crippen molar-refractivity contribution in [2.45, 2.75) is 6.92 Å². The molecular weight excluding hydrogens is 273 g/mol. The van der Waals surface area contributed by atoms with Gasteiger partial charge in [0.15, 0.2) is 5.82 Å². The quantitative estimate of drug-likeness (QED) is 0.635. The Morgan fingerprint density at radius 2 is 2.11 bits per heavy atom. The van der Waals surface area contributed by atoms with Crippen LogP contribution in [0.4, 0.5) is 4.39 Å². The summed E-state index contributed by atoms with van der Waals surface area (Å²) in [5.74, 6) is 0.00478. The van der Waals surface area contributed by atoms with Gasteiger partial charge in [0.2, 0.25) is 0 Å². The van der Waals surface area contributed by atoms with Crippen LogP contribution < -0.4 is 0 Å². The van der Waals surface area contributed by atoms with Crippen LogP contribution >= 0.6 is 22.9 Å². The van der Waals surface area contributed by atoms with E-state index in [1.165, 1.54) is 17.4 Å². The van der Waals surface area contributed by atoms with E-state index < -0.39 is 5.82 Å². The minimum Gasteiger partial charge on any atom is -0.252 e. The number of fused-ring (bicyclic) bond motifs is 1. The SMILES string of the molecule is Cc1ccc(F)c2nc(-c3cncs3)nc(Cl)c12. The van der Waals surface area contributed by atoms with E-state index in [2.05, 4.69) is 15.0 Å². The molecule has 3 nitrogen and oxygen atoms in total. The van der Waals surface area contributed by atoms with E-state index in [4.69, 9.17) is 11.6 Å². The van der Waals surface area contributed by atoms with Gasteiger partial charge in [0.25, 0.3) is 0 Å². The van der Waals surface area contributed by atoms with Crippen molar-refractivity contribution in [1.29, 1.82) is 0 Å². The van der Waals surface area contributed by atoms with Gasteiger partial charge in [-0.15, -0.1) is 11.3 Å². The van der Waals surface area contributed by atoms with Gasteiger partial charge in [0, 0.05) is 11.6 Å². The molecule has 3 aromatic rings. The maximum atomic E-state index is 13.8. The summed E-state index contributed by atoms with van der Waals surface area (Å²) in [6.45, 7) is 1.85. The lowest BCUT2D eigenvalue weighted by atomic mass is 10.1. The lowest BCUT2D eigenvalue weighted by Gasteiger charge is -2.06. The Morgan fingerprint density at radius 1 is 1.28 bits per heavy atom. The fourth-order valence-electron chi connectivity index (χ4n) is 1.75. The first-order chi connectivity index (χ1) is 8.66. The van der Waals surface area contributed by atoms with E-state index in [1.807, 2.05) is 6.92 Å². The zero-order valence-corrected chi connectivity index (χ0v) is 10.9. The van der Waals surface area contributed by atoms with Crippen molar-refractivity contribution in [1.82, 2.24) is 15.0 Å². The number of benzene rings is 1. The molecule has 0 atom stereocenters. The molecule has 1 aromatic carbocycles. The van der Waals surface area contributed by atoms with Gasteiger partial charge in [0.05, 0.1) is 10.4 Å². The number of aryl methyl sites for hydroxylation is 1. The lowest BCUT2D eigenvalue weighted by molar-refractivity contribution is 0.636. The van der Waals surface area contributed by atoms with Gasteiger partial charge in [-0.05, 0) is 18.6 Å². The Labute approximate surface area is 111 Å². The van der Waals surface area contributed by atoms with Crippen LogP contribution in [0.1, 0.15) is 5.56 Å². The maximum Gasteiger partial charge on any atom is 0.173 e. The molecule has 0 unspecified atom stereocenters. The Hall–Kier alpha value is -1.59. The van der Waals surface area contributed by atoms with Crippen LogP contribution in [0.5, 0.6) is 0 Å². The standard InChI is InChI=1S/C12H7ClFN3S/c1-6-2-3-7(14)10-9(6)11(13)17-12(16-10)8-4-15-5-18-8/h2-5H,1H3. The molecule has 90 valence electrons. The number of hydrogen-bond donors (Lipinski definition) is 0. The predicted octanol–water partition coefficient (Wildman–Crippen LogP) is 3.85. The van der Waals surface area contributed by atoms with Crippen molar-refractivity contribution in [3.63, 3.8) is 0 Å². The Bertz CT molecular complexity index is 728. The second-order valence-corrected chi connectivity index (χ2v) is 5.04. The van der Waals surface area contributed by atoms with Crippen LogP contribution in [0.25, 0.3) is 21.6 Å². The number of aromatic nitrogens is 3. The van der Waals surface area contributed by atoms with Gasteiger partial charge in [0.1, 0.15) is 16.5 Å². The minimum atomic E-state index is -0.398. The van der Waals surface area contributed by atoms with Gasteiger partial charge in [-0.25, -0.2) is 14.4 Å². The van der Waals surface area contributed by atoms with Crippen molar-refractivity contribution >= 4 is 33.8 Å². The smallest absolute Gasteiger partial charge is 0.173 e. The van der Waals surface area contributed by atoms with Gasteiger partial charge < -0.3 is 0 Å². The molecule has 3 rings (SSSR count). The van der Waals surface area contributed by atoms with Gasteiger partial charge in [-0.2, -0.15) is 0 Å². The summed E-state index contributed by atoms with van der Waals surface area (Å²) in [6, 6.07) is 3.05. The third kappa shape index (κ3) is 1.76. The van der Waals surface area contributed by atoms with Crippen LogP contribution in [0, 0.1) is 12.7 Å². The maximum absolute atomic E-state index is 13.8. The molecule has 0 N–H and O–H groups in total. The molecular formula is C12H7ClFN3S. The highest BCUT2D eigenvalue weighted by Crippen LogP contribution is 2.29. The van der Waals surface area contributed by atoms with Crippen molar-refractivity contribution in [2.75, 3.05) is 0 Å². The van der Waals surface area contributed by atoms with E-state index in [0.717, 1.165) is 10.4 Å². The Balaban J connectivity index is 2.37. The topological polar surface area (TPSA) is 38.7 Å². The predicted molar refractivity (Wildman–Crippen MR) is 70.4 cm³/mol. The van der Waals surface area contributed by atoms with Crippen LogP contribution in [0.2, 0.25) is 5.15 Å². The third-order valence-electron chi connectivity index (χ3n) is 2.62. The van der Waals surface area contributed by atoms with E-state index in [-0.39, 0.29) is 10.7 Å². The minimum absolute atomic E-state index is 0.249. The molecule has 0 saturated carbocycles. The summed E-state index contributed by atoms with van der Waals surface area (Å²) in [6.07, 6.45) is 1.63. The summed E-state index contributed by atoms with van der Waals surface area (Å²) < 4.78 is 13.8. The van der Waals surface area contributed by atoms with E-state index in [0.29, 0.717) is 11.2 Å². The summed E-state index contributed by atoms with van der Waals surface area (Å²) in [5.41, 5.74) is 2.77. The first-order valence-corrected chi connectivity index (χ1v) is 6.44. The molecule has 0 aliphatic rings. The van der Waals surface area contributed by atoms with Gasteiger partial charge in [-0.1, -0.05) is 17.7 Å². The summed E-state index contributed by atoms with van der Waals surface area (Å²) in [7, 11) is 0. The lowest BCUT2D eigenvalue weighted by Crippen LogP contribution is -1.94. The summed E-state index contributed by atoms with van der Waals surface area (Å²) in [4.78, 5) is 13.2. The number of thiazole rings is 1. The number of hydrogen-bond acceptors (Lipinski definition) is 4. The van der Waals surface area contributed by atoms with Crippen LogP contribution in [0.3, 0.4) is 0 Å². The molecule has 0 amide bonds. The molecule has 2 heterocycles. The highest BCUT2D eigenvalue weighted by Gasteiger charge is 2.13. The van der Waals surface area contributed by atoms with Crippen molar-refractivity contribution in [3.05, 3.63) is 40.4 Å². The average Bonchev–Trinajstić information content (AvgIpc) is 2.87. The van der Waals surface area contributed by atoms with Crippen LogP contribution in [-0.4, -0.2) is 15.0 Å². The average molecular weight is 280 g/mol. The molecule has 0 saturated heterocycles. The second kappa shape index (κ2) is 4.26. The monoisotopic (exact) mass is 279 g/mol. The number of rotatable bonds is 1. The van der Waals surface area contributed by atoms with E-state index in [1.54, 1.807) is 17.8 Å². The Morgan fingerprint density at radius 3 is 2.83 bits per heavy atom. The van der Waals surface area contributed by atoms with Crippen molar-refractivity contribution in [2.24, 2.45) is 0 Å². The molecule has 0 bridgehead atoms. The molecule has 0 radical (unpaired) electrons. The van der Waals surface area contributed by atoms with Gasteiger partial charge in [-0.3, -0.25) is 4.98 Å².